The molecule has 1 aliphatic rings. The molecule has 19 heavy (non-hydrogen) atoms. The first-order valence-corrected chi connectivity index (χ1v) is 9.01. The Morgan fingerprint density at radius 1 is 1.26 bits per heavy atom. The van der Waals surface area contributed by atoms with Crippen LogP contribution in [0.2, 0.25) is 0 Å². The smallest absolute Gasteiger partial charge is 0.209 e. The minimum atomic E-state index is -3.32. The fourth-order valence-electron chi connectivity index (χ4n) is 2.49. The van der Waals surface area contributed by atoms with Crippen molar-refractivity contribution in [3.8, 4) is 0 Å². The van der Waals surface area contributed by atoms with Crippen LogP contribution in [0, 0.1) is 11.3 Å². The largest absolute Gasteiger partial charge is 0.378 e. The first-order chi connectivity index (χ1) is 8.68. The maximum absolute atomic E-state index is 10.9. The van der Waals surface area contributed by atoms with Gasteiger partial charge >= 0.3 is 0 Å². The highest BCUT2D eigenvalue weighted by molar-refractivity contribution is 7.89. The third-order valence-electron chi connectivity index (χ3n) is 4.15. The quantitative estimate of drug-likeness (QED) is 0.784. The maximum atomic E-state index is 10.9. The summed E-state index contributed by atoms with van der Waals surface area (Å²) < 4.78 is 27.6. The predicted molar refractivity (Wildman–Crippen MR) is 78.4 cm³/mol. The fraction of sp³-hybridized carbons (Fsp3) is 1.00. The second-order valence-electron chi connectivity index (χ2n) is 6.78. The van der Waals surface area contributed by atoms with Crippen molar-refractivity contribution in [2.24, 2.45) is 16.5 Å². The average Bonchev–Trinajstić information content (AvgIpc) is 2.28. The van der Waals surface area contributed by atoms with Crippen LogP contribution in [-0.4, -0.2) is 26.9 Å². The molecule has 1 aliphatic carbocycles. The topological polar surface area (TPSA) is 69.4 Å². The van der Waals surface area contributed by atoms with Gasteiger partial charge in [-0.2, -0.15) is 0 Å². The number of rotatable bonds is 7. The van der Waals surface area contributed by atoms with Crippen molar-refractivity contribution in [1.29, 1.82) is 0 Å². The molecular formula is C14H29NO3S. The molecule has 0 aromatic rings. The Hall–Kier alpha value is -0.130. The molecule has 5 heteroatoms. The molecule has 1 unspecified atom stereocenters. The number of ether oxygens (including phenoxy) is 1. The van der Waals surface area contributed by atoms with Crippen molar-refractivity contribution in [3.63, 3.8) is 0 Å². The van der Waals surface area contributed by atoms with Crippen LogP contribution in [0.3, 0.4) is 0 Å². The summed E-state index contributed by atoms with van der Waals surface area (Å²) in [6, 6.07) is 0. The van der Waals surface area contributed by atoms with Crippen LogP contribution >= 0.6 is 0 Å². The lowest BCUT2D eigenvalue weighted by molar-refractivity contribution is -0.000578. The lowest BCUT2D eigenvalue weighted by Gasteiger charge is -2.34. The molecular weight excluding hydrogens is 262 g/mol. The van der Waals surface area contributed by atoms with Crippen molar-refractivity contribution in [3.05, 3.63) is 0 Å². The summed E-state index contributed by atoms with van der Waals surface area (Å²) in [5.74, 6) is 0.421. The Bertz CT molecular complexity index is 355. The number of primary sulfonamides is 1. The van der Waals surface area contributed by atoms with Gasteiger partial charge in [0.25, 0.3) is 0 Å². The minimum absolute atomic E-state index is 0.0752. The Balaban J connectivity index is 2.10. The molecule has 1 atom stereocenters. The highest BCUT2D eigenvalue weighted by Gasteiger charge is 2.27. The zero-order valence-electron chi connectivity index (χ0n) is 12.5. The van der Waals surface area contributed by atoms with Crippen molar-refractivity contribution in [2.75, 3.05) is 12.4 Å². The highest BCUT2D eigenvalue weighted by atomic mass is 32.2. The number of hydrogen-bond acceptors (Lipinski definition) is 3. The van der Waals surface area contributed by atoms with E-state index in [1.54, 1.807) is 0 Å². The molecule has 4 nitrogen and oxygen atoms in total. The Morgan fingerprint density at radius 3 is 2.37 bits per heavy atom. The zero-order chi connectivity index (χ0) is 14.5. The summed E-state index contributed by atoms with van der Waals surface area (Å²) in [4.78, 5) is 0. The van der Waals surface area contributed by atoms with Gasteiger partial charge in [0.15, 0.2) is 0 Å². The molecule has 1 rings (SSSR count). The lowest BCUT2D eigenvalue weighted by atomic mass is 9.76. The monoisotopic (exact) mass is 291 g/mol. The van der Waals surface area contributed by atoms with E-state index in [1.807, 2.05) is 0 Å². The predicted octanol–water partition coefficient (Wildman–Crippen LogP) is 2.68. The van der Waals surface area contributed by atoms with Gasteiger partial charge in [0.1, 0.15) is 0 Å². The van der Waals surface area contributed by atoms with E-state index >= 15 is 0 Å². The van der Waals surface area contributed by atoms with Gasteiger partial charge in [-0.3, -0.25) is 0 Å². The summed E-state index contributed by atoms with van der Waals surface area (Å²) in [7, 11) is -3.32. The second kappa shape index (κ2) is 7.04. The summed E-state index contributed by atoms with van der Waals surface area (Å²) in [6.07, 6.45) is 6.71. The Labute approximate surface area is 118 Å². The fourth-order valence-corrected chi connectivity index (χ4v) is 3.22. The Morgan fingerprint density at radius 2 is 1.84 bits per heavy atom. The molecule has 0 aromatic heterocycles. The van der Waals surface area contributed by atoms with Crippen LogP contribution < -0.4 is 5.14 Å². The Kier molecular flexibility index (Phi) is 6.27. The third kappa shape index (κ3) is 7.90. The maximum Gasteiger partial charge on any atom is 0.209 e. The normalized spacial score (nSPS) is 22.3. The van der Waals surface area contributed by atoms with E-state index in [0.717, 1.165) is 25.9 Å². The lowest BCUT2D eigenvalue weighted by Crippen LogP contribution is -2.27. The SMILES string of the molecule is CC(CCOC1CCC(C)(C)CC1)CCS(N)(=O)=O. The third-order valence-corrected chi connectivity index (χ3v) is 4.95. The van der Waals surface area contributed by atoms with E-state index in [-0.39, 0.29) is 5.75 Å². The summed E-state index contributed by atoms with van der Waals surface area (Å²) in [6.45, 7) is 7.42. The van der Waals surface area contributed by atoms with E-state index in [0.29, 0.717) is 23.9 Å². The van der Waals surface area contributed by atoms with Gasteiger partial charge in [-0.15, -0.1) is 0 Å². The highest BCUT2D eigenvalue weighted by Crippen LogP contribution is 2.36. The number of nitrogens with two attached hydrogens (primary N) is 1. The molecule has 0 heterocycles. The molecule has 114 valence electrons. The summed E-state index contributed by atoms with van der Waals surface area (Å²) >= 11 is 0. The number of sulfonamides is 1. The molecule has 0 bridgehead atoms. The summed E-state index contributed by atoms with van der Waals surface area (Å²) in [5, 5.41) is 5.00. The van der Waals surface area contributed by atoms with E-state index < -0.39 is 10.0 Å². The first-order valence-electron chi connectivity index (χ1n) is 7.30. The van der Waals surface area contributed by atoms with Crippen molar-refractivity contribution < 1.29 is 13.2 Å². The summed E-state index contributed by atoms with van der Waals surface area (Å²) in [5.41, 5.74) is 0.475. The molecule has 0 radical (unpaired) electrons. The molecule has 0 aliphatic heterocycles. The first kappa shape index (κ1) is 16.9. The van der Waals surface area contributed by atoms with E-state index in [1.165, 1.54) is 12.8 Å². The van der Waals surface area contributed by atoms with Gasteiger partial charge in [-0.25, -0.2) is 13.6 Å². The van der Waals surface area contributed by atoms with E-state index in [2.05, 4.69) is 20.8 Å². The van der Waals surface area contributed by atoms with Gasteiger partial charge in [0.05, 0.1) is 11.9 Å². The molecule has 0 spiro atoms. The van der Waals surface area contributed by atoms with Gasteiger partial charge in [-0.1, -0.05) is 20.8 Å². The number of hydrogen-bond donors (Lipinski definition) is 1. The van der Waals surface area contributed by atoms with Crippen LogP contribution in [-0.2, 0) is 14.8 Å². The molecule has 1 saturated carbocycles. The molecule has 0 amide bonds. The van der Waals surface area contributed by atoms with E-state index in [4.69, 9.17) is 9.88 Å². The van der Waals surface area contributed by atoms with Crippen LogP contribution in [0.5, 0.6) is 0 Å². The van der Waals surface area contributed by atoms with Crippen molar-refractivity contribution >= 4 is 10.0 Å². The standard InChI is InChI=1S/C14H29NO3S/c1-12(7-11-19(15,16)17)6-10-18-13-4-8-14(2,3)9-5-13/h12-13H,4-11H2,1-3H3,(H2,15,16,17). The molecule has 0 saturated heterocycles. The van der Waals surface area contributed by atoms with E-state index in [9.17, 15) is 8.42 Å². The van der Waals surface area contributed by atoms with Crippen LogP contribution in [0.15, 0.2) is 0 Å². The molecule has 0 aromatic carbocycles. The van der Waals surface area contributed by atoms with Gasteiger partial charge < -0.3 is 4.74 Å². The van der Waals surface area contributed by atoms with Crippen molar-refractivity contribution in [2.45, 2.75) is 65.4 Å². The average molecular weight is 291 g/mol. The van der Waals surface area contributed by atoms with Gasteiger partial charge in [0.2, 0.25) is 10.0 Å². The van der Waals surface area contributed by atoms with Crippen molar-refractivity contribution in [1.82, 2.24) is 0 Å². The van der Waals surface area contributed by atoms with Gasteiger partial charge in [-0.05, 0) is 49.9 Å². The van der Waals surface area contributed by atoms with Crippen LogP contribution in [0.1, 0.15) is 59.3 Å². The van der Waals surface area contributed by atoms with Crippen LogP contribution in [0.4, 0.5) is 0 Å². The van der Waals surface area contributed by atoms with Crippen LogP contribution in [0.25, 0.3) is 0 Å². The molecule has 1 fully saturated rings. The second-order valence-corrected chi connectivity index (χ2v) is 8.52. The minimum Gasteiger partial charge on any atom is -0.378 e. The molecule has 2 N–H and O–H groups in total. The van der Waals surface area contributed by atoms with Gasteiger partial charge in [0, 0.05) is 6.61 Å². The zero-order valence-corrected chi connectivity index (χ0v) is 13.3.